The molecule has 3 nitrogen and oxygen atoms in total. The first-order valence-corrected chi connectivity index (χ1v) is 3.70. The van der Waals surface area contributed by atoms with Crippen molar-refractivity contribution in [1.82, 2.24) is 9.38 Å². The van der Waals surface area contributed by atoms with Crippen molar-refractivity contribution in [1.29, 1.82) is 0 Å². The molecule has 0 aliphatic carbocycles. The van der Waals surface area contributed by atoms with Crippen molar-refractivity contribution in [3.63, 3.8) is 0 Å². The third-order valence-corrected chi connectivity index (χ3v) is 1.74. The summed E-state index contributed by atoms with van der Waals surface area (Å²) < 4.78 is 1.89. The first-order chi connectivity index (χ1) is 5.79. The number of pyridine rings is 1. The van der Waals surface area contributed by atoms with Gasteiger partial charge in [0, 0.05) is 18.0 Å². The highest BCUT2D eigenvalue weighted by atomic mass is 16.1. The molecule has 3 heteroatoms. The lowest BCUT2D eigenvalue weighted by Crippen LogP contribution is -1.85. The van der Waals surface area contributed by atoms with Crippen LogP contribution in [0.2, 0.25) is 0 Å². The highest BCUT2D eigenvalue weighted by Gasteiger charge is 1.97. The van der Waals surface area contributed by atoms with Crippen LogP contribution in [0.15, 0.2) is 24.5 Å². The summed E-state index contributed by atoms with van der Waals surface area (Å²) in [5.41, 5.74) is 2.43. The summed E-state index contributed by atoms with van der Waals surface area (Å²) in [5.74, 6) is 0. The van der Waals surface area contributed by atoms with E-state index in [9.17, 15) is 4.79 Å². The largest absolute Gasteiger partial charge is 0.307 e. The van der Waals surface area contributed by atoms with Gasteiger partial charge in [-0.25, -0.2) is 4.98 Å². The van der Waals surface area contributed by atoms with Gasteiger partial charge in [0.15, 0.2) is 0 Å². The molecule has 0 unspecified atom stereocenters. The molecule has 60 valence electrons. The molecule has 0 spiro atoms. The van der Waals surface area contributed by atoms with Gasteiger partial charge in [-0.3, -0.25) is 4.79 Å². The van der Waals surface area contributed by atoms with E-state index in [1.54, 1.807) is 12.1 Å². The molecule has 0 aliphatic rings. The Hall–Kier alpha value is -1.64. The Morgan fingerprint density at radius 3 is 3.17 bits per heavy atom. The summed E-state index contributed by atoms with van der Waals surface area (Å²) in [6.45, 7) is 1.92. The molecule has 12 heavy (non-hydrogen) atoms. The lowest BCUT2D eigenvalue weighted by Gasteiger charge is -1.91. The maximum absolute atomic E-state index is 10.4. The number of carbonyl (C=O) groups is 1. The van der Waals surface area contributed by atoms with E-state index >= 15 is 0 Å². The Morgan fingerprint density at radius 2 is 2.42 bits per heavy atom. The third-order valence-electron chi connectivity index (χ3n) is 1.74. The van der Waals surface area contributed by atoms with E-state index in [0.717, 1.165) is 17.6 Å². The number of nitrogens with zero attached hydrogens (tertiary/aromatic N) is 2. The Morgan fingerprint density at radius 1 is 1.58 bits per heavy atom. The number of hydrogen-bond donors (Lipinski definition) is 0. The van der Waals surface area contributed by atoms with Crippen molar-refractivity contribution in [2.75, 3.05) is 0 Å². The van der Waals surface area contributed by atoms with Gasteiger partial charge in [-0.2, -0.15) is 0 Å². The maximum atomic E-state index is 10.4. The lowest BCUT2D eigenvalue weighted by atomic mass is 10.3. The van der Waals surface area contributed by atoms with E-state index in [-0.39, 0.29) is 0 Å². The highest BCUT2D eigenvalue weighted by molar-refractivity contribution is 5.76. The predicted molar refractivity (Wildman–Crippen MR) is 45.3 cm³/mol. The van der Waals surface area contributed by atoms with Crippen LogP contribution in [0.25, 0.3) is 5.65 Å². The van der Waals surface area contributed by atoms with Crippen molar-refractivity contribution >= 4 is 11.9 Å². The molecule has 0 radical (unpaired) electrons. The number of rotatable bonds is 1. The van der Waals surface area contributed by atoms with Gasteiger partial charge in [-0.05, 0) is 19.1 Å². The van der Waals surface area contributed by atoms with Crippen molar-refractivity contribution in [3.05, 3.63) is 35.8 Å². The van der Waals surface area contributed by atoms with Gasteiger partial charge < -0.3 is 4.40 Å². The van der Waals surface area contributed by atoms with Crippen molar-refractivity contribution in [2.45, 2.75) is 6.92 Å². The van der Waals surface area contributed by atoms with Crippen LogP contribution >= 0.6 is 0 Å². The number of aromatic nitrogens is 2. The van der Waals surface area contributed by atoms with E-state index < -0.39 is 0 Å². The second-order valence-electron chi connectivity index (χ2n) is 2.73. The van der Waals surface area contributed by atoms with E-state index in [4.69, 9.17) is 0 Å². The van der Waals surface area contributed by atoms with Gasteiger partial charge >= 0.3 is 0 Å². The van der Waals surface area contributed by atoms with Crippen LogP contribution in [0.4, 0.5) is 0 Å². The second-order valence-corrected chi connectivity index (χ2v) is 2.73. The molecule has 0 aromatic carbocycles. The van der Waals surface area contributed by atoms with Crippen LogP contribution in [0.3, 0.4) is 0 Å². The van der Waals surface area contributed by atoms with Crippen LogP contribution in [0, 0.1) is 6.92 Å². The topological polar surface area (TPSA) is 34.4 Å². The van der Waals surface area contributed by atoms with Gasteiger partial charge in [0.1, 0.15) is 11.9 Å². The van der Waals surface area contributed by atoms with E-state index in [0.29, 0.717) is 5.56 Å². The average molecular weight is 160 g/mol. The first kappa shape index (κ1) is 7.03. The predicted octanol–water partition coefficient (Wildman–Crippen LogP) is 1.46. The third kappa shape index (κ3) is 0.993. The van der Waals surface area contributed by atoms with Gasteiger partial charge in [-0.1, -0.05) is 0 Å². The molecule has 2 aromatic heterocycles. The number of aryl methyl sites for hydroxylation is 1. The van der Waals surface area contributed by atoms with Crippen LogP contribution in [-0.4, -0.2) is 15.7 Å². The molecule has 0 atom stereocenters. The lowest BCUT2D eigenvalue weighted by molar-refractivity contribution is 0.112. The normalized spacial score (nSPS) is 10.4. The van der Waals surface area contributed by atoms with Gasteiger partial charge in [-0.15, -0.1) is 0 Å². The SMILES string of the molecule is Cc1cn2ccc(C=O)cc2n1. The van der Waals surface area contributed by atoms with Gasteiger partial charge in [0.25, 0.3) is 0 Å². The molecule has 2 rings (SSSR count). The minimum Gasteiger partial charge on any atom is -0.307 e. The summed E-state index contributed by atoms with van der Waals surface area (Å²) >= 11 is 0. The number of fused-ring (bicyclic) bond motifs is 1. The molecule has 0 aliphatic heterocycles. The molecule has 0 saturated carbocycles. The standard InChI is InChI=1S/C9H8N2O/c1-7-5-11-3-2-8(6-12)4-9(11)10-7/h2-6H,1H3. The Kier molecular flexibility index (Phi) is 1.43. The van der Waals surface area contributed by atoms with Crippen LogP contribution < -0.4 is 0 Å². The number of carbonyl (C=O) groups excluding carboxylic acids is 1. The molecule has 2 aromatic rings. The van der Waals surface area contributed by atoms with Crippen molar-refractivity contribution in [2.24, 2.45) is 0 Å². The summed E-state index contributed by atoms with van der Waals surface area (Å²) in [7, 11) is 0. The molecular formula is C9H8N2O. The monoisotopic (exact) mass is 160 g/mol. The Bertz CT molecular complexity index is 431. The maximum Gasteiger partial charge on any atom is 0.150 e. The molecule has 0 saturated heterocycles. The minimum absolute atomic E-state index is 0.660. The highest BCUT2D eigenvalue weighted by Crippen LogP contribution is 2.05. The summed E-state index contributed by atoms with van der Waals surface area (Å²) in [6.07, 6.45) is 4.58. The first-order valence-electron chi connectivity index (χ1n) is 3.70. The van der Waals surface area contributed by atoms with E-state index in [2.05, 4.69) is 4.98 Å². The van der Waals surface area contributed by atoms with E-state index in [1.807, 2.05) is 23.7 Å². The zero-order valence-electron chi connectivity index (χ0n) is 6.69. The summed E-state index contributed by atoms with van der Waals surface area (Å²) in [5, 5.41) is 0. The zero-order valence-corrected chi connectivity index (χ0v) is 6.69. The molecule has 0 fully saturated rings. The molecule has 0 bridgehead atoms. The fourth-order valence-corrected chi connectivity index (χ4v) is 1.20. The van der Waals surface area contributed by atoms with Crippen LogP contribution in [0.1, 0.15) is 16.1 Å². The molecule has 0 N–H and O–H groups in total. The molecule has 2 heterocycles. The quantitative estimate of drug-likeness (QED) is 0.592. The average Bonchev–Trinajstić information content (AvgIpc) is 2.43. The summed E-state index contributed by atoms with van der Waals surface area (Å²) in [6, 6.07) is 3.53. The molecule has 0 amide bonds. The fraction of sp³-hybridized carbons (Fsp3) is 0.111. The van der Waals surface area contributed by atoms with Crippen LogP contribution in [-0.2, 0) is 0 Å². The van der Waals surface area contributed by atoms with Crippen molar-refractivity contribution < 1.29 is 4.79 Å². The summed E-state index contributed by atoms with van der Waals surface area (Å²) in [4.78, 5) is 14.6. The van der Waals surface area contributed by atoms with E-state index in [1.165, 1.54) is 0 Å². The number of aldehydes is 1. The Labute approximate surface area is 69.7 Å². The molecular weight excluding hydrogens is 152 g/mol. The van der Waals surface area contributed by atoms with Crippen molar-refractivity contribution in [3.8, 4) is 0 Å². The van der Waals surface area contributed by atoms with Crippen LogP contribution in [0.5, 0.6) is 0 Å². The van der Waals surface area contributed by atoms with Gasteiger partial charge in [0.2, 0.25) is 0 Å². The zero-order chi connectivity index (χ0) is 8.55. The Balaban J connectivity index is 2.74. The fourth-order valence-electron chi connectivity index (χ4n) is 1.20. The number of hydrogen-bond acceptors (Lipinski definition) is 2. The number of imidazole rings is 1. The smallest absolute Gasteiger partial charge is 0.150 e. The van der Waals surface area contributed by atoms with Gasteiger partial charge in [0.05, 0.1) is 5.69 Å². The minimum atomic E-state index is 0.660. The second kappa shape index (κ2) is 2.44.